The van der Waals surface area contributed by atoms with E-state index in [1.54, 1.807) is 11.3 Å². The van der Waals surface area contributed by atoms with Gasteiger partial charge in [-0.2, -0.15) is 5.26 Å². The van der Waals surface area contributed by atoms with Crippen LogP contribution in [-0.4, -0.2) is 4.98 Å². The Hall–Kier alpha value is -2.55. The summed E-state index contributed by atoms with van der Waals surface area (Å²) >= 11 is 7.56. The van der Waals surface area contributed by atoms with Crippen molar-refractivity contribution in [1.82, 2.24) is 4.98 Å². The van der Waals surface area contributed by atoms with Crippen molar-refractivity contribution in [2.24, 2.45) is 5.73 Å². The van der Waals surface area contributed by atoms with Gasteiger partial charge >= 0.3 is 0 Å². The van der Waals surface area contributed by atoms with E-state index in [4.69, 9.17) is 22.1 Å². The predicted octanol–water partition coefficient (Wildman–Crippen LogP) is 4.78. The molecule has 3 heterocycles. The molecule has 0 aliphatic carbocycles. The summed E-state index contributed by atoms with van der Waals surface area (Å²) in [4.78, 5) is 6.48. The van der Waals surface area contributed by atoms with Crippen molar-refractivity contribution in [3.8, 4) is 11.8 Å². The van der Waals surface area contributed by atoms with Gasteiger partial charge < -0.3 is 10.5 Å². The third kappa shape index (κ3) is 2.46. The number of hydrogen-bond acceptors (Lipinski definition) is 5. The second-order valence-corrected chi connectivity index (χ2v) is 7.50. The summed E-state index contributed by atoms with van der Waals surface area (Å²) in [6.07, 6.45) is 0. The molecule has 4 rings (SSSR count). The Balaban J connectivity index is 2.02. The minimum Gasteiger partial charge on any atom is -0.439 e. The molecule has 2 N–H and O–H groups in total. The monoisotopic (exact) mass is 367 g/mol. The number of rotatable bonds is 1. The number of hydrogen-bond donors (Lipinski definition) is 1. The zero-order valence-corrected chi connectivity index (χ0v) is 15.2. The highest BCUT2D eigenvalue weighted by Gasteiger charge is 2.34. The van der Waals surface area contributed by atoms with Crippen LogP contribution in [0.5, 0.6) is 5.75 Å². The Morgan fingerprint density at radius 1 is 1.28 bits per heavy atom. The normalized spacial score (nSPS) is 16.5. The van der Waals surface area contributed by atoms with E-state index in [9.17, 15) is 5.26 Å². The van der Waals surface area contributed by atoms with E-state index in [1.807, 2.05) is 44.2 Å². The maximum atomic E-state index is 9.64. The second kappa shape index (κ2) is 5.76. The van der Waals surface area contributed by atoms with Gasteiger partial charge in [0.1, 0.15) is 16.5 Å². The van der Waals surface area contributed by atoms with E-state index < -0.39 is 0 Å². The molecule has 0 fully saturated rings. The lowest BCUT2D eigenvalue weighted by molar-refractivity contribution is 0.401. The number of pyridine rings is 1. The fraction of sp³-hybridized carbons (Fsp3) is 0.158. The number of ether oxygens (including phenoxy) is 1. The molecule has 25 heavy (non-hydrogen) atoms. The number of aryl methyl sites for hydroxylation is 2. The molecule has 0 radical (unpaired) electrons. The van der Waals surface area contributed by atoms with Crippen molar-refractivity contribution in [3.63, 3.8) is 0 Å². The number of thiophene rings is 1. The number of benzene rings is 1. The number of nitrogens with zero attached hydrogens (tertiary/aromatic N) is 2. The summed E-state index contributed by atoms with van der Waals surface area (Å²) in [7, 11) is 0. The Bertz CT molecular complexity index is 1080. The van der Waals surface area contributed by atoms with E-state index >= 15 is 0 Å². The molecule has 6 heteroatoms. The van der Waals surface area contributed by atoms with Gasteiger partial charge in [0.25, 0.3) is 0 Å². The van der Waals surface area contributed by atoms with Gasteiger partial charge in [-0.25, -0.2) is 4.98 Å². The summed E-state index contributed by atoms with van der Waals surface area (Å²) in [5.74, 6) is 0.584. The van der Waals surface area contributed by atoms with Crippen LogP contribution in [0.3, 0.4) is 0 Å². The Morgan fingerprint density at radius 3 is 2.68 bits per heavy atom. The molecule has 4 nitrogen and oxygen atoms in total. The first-order chi connectivity index (χ1) is 12.0. The molecule has 0 saturated carbocycles. The van der Waals surface area contributed by atoms with Crippen LogP contribution in [-0.2, 0) is 0 Å². The zero-order chi connectivity index (χ0) is 17.7. The topological polar surface area (TPSA) is 71.9 Å². The molecule has 2 aromatic heterocycles. The van der Waals surface area contributed by atoms with Crippen molar-refractivity contribution in [2.75, 3.05) is 0 Å². The molecule has 0 spiro atoms. The molecule has 1 aliphatic heterocycles. The highest BCUT2D eigenvalue weighted by atomic mass is 35.5. The number of allylic oxidation sites excluding steroid dienone is 1. The van der Waals surface area contributed by atoms with Crippen LogP contribution in [0, 0.1) is 25.2 Å². The first-order valence-corrected chi connectivity index (χ1v) is 8.92. The minimum atomic E-state index is -0.273. The summed E-state index contributed by atoms with van der Waals surface area (Å²) in [6, 6.07) is 11.7. The minimum absolute atomic E-state index is 0.148. The lowest BCUT2D eigenvalue weighted by Crippen LogP contribution is -2.19. The van der Waals surface area contributed by atoms with Gasteiger partial charge in [0.2, 0.25) is 5.88 Å². The predicted molar refractivity (Wildman–Crippen MR) is 99.8 cm³/mol. The molecule has 1 atom stereocenters. The number of nitriles is 1. The molecule has 1 aromatic carbocycles. The lowest BCUT2D eigenvalue weighted by atomic mass is 9.88. The fourth-order valence-electron chi connectivity index (χ4n) is 3.25. The summed E-state index contributed by atoms with van der Waals surface area (Å²) < 4.78 is 5.86. The van der Waals surface area contributed by atoms with E-state index in [-0.39, 0.29) is 11.8 Å². The van der Waals surface area contributed by atoms with Crippen molar-refractivity contribution >= 4 is 33.2 Å². The first-order valence-electron chi connectivity index (χ1n) is 7.73. The average molecular weight is 368 g/mol. The zero-order valence-electron chi connectivity index (χ0n) is 13.6. The number of halogens is 1. The van der Waals surface area contributed by atoms with E-state index in [0.717, 1.165) is 31.9 Å². The summed E-state index contributed by atoms with van der Waals surface area (Å²) in [5.41, 5.74) is 9.49. The highest BCUT2D eigenvalue weighted by Crippen LogP contribution is 2.50. The van der Waals surface area contributed by atoms with Gasteiger partial charge in [-0.3, -0.25) is 0 Å². The molecule has 0 amide bonds. The van der Waals surface area contributed by atoms with Gasteiger partial charge in [-0.15, -0.1) is 11.3 Å². The third-order valence-electron chi connectivity index (χ3n) is 4.32. The van der Waals surface area contributed by atoms with E-state index in [2.05, 4.69) is 11.1 Å². The molecule has 1 aliphatic rings. The molecule has 3 aromatic rings. The number of fused-ring (bicyclic) bond motifs is 3. The quantitative estimate of drug-likeness (QED) is 0.671. The largest absolute Gasteiger partial charge is 0.439 e. The van der Waals surface area contributed by atoms with Crippen molar-refractivity contribution in [1.29, 1.82) is 5.26 Å². The van der Waals surface area contributed by atoms with Gasteiger partial charge in [0.05, 0.1) is 16.2 Å². The van der Waals surface area contributed by atoms with Crippen LogP contribution in [0.15, 0.2) is 41.8 Å². The smallest absolute Gasteiger partial charge is 0.205 e. The van der Waals surface area contributed by atoms with E-state index in [0.29, 0.717) is 16.3 Å². The molecular weight excluding hydrogens is 354 g/mol. The SMILES string of the molecule is Cc1cc(C)c2c3c(sc2n1)[C@H](c1ccc(Cl)cc1)C(C#N)=C(N)O3. The fourth-order valence-corrected chi connectivity index (χ4v) is 4.74. The maximum absolute atomic E-state index is 9.64. The molecule has 0 unspecified atom stereocenters. The highest BCUT2D eigenvalue weighted by molar-refractivity contribution is 7.19. The number of aromatic nitrogens is 1. The summed E-state index contributed by atoms with van der Waals surface area (Å²) in [6.45, 7) is 4.00. The van der Waals surface area contributed by atoms with Crippen molar-refractivity contribution < 1.29 is 4.74 Å². The van der Waals surface area contributed by atoms with Crippen LogP contribution in [0.2, 0.25) is 5.02 Å². The van der Waals surface area contributed by atoms with Crippen LogP contribution in [0.1, 0.15) is 27.6 Å². The van der Waals surface area contributed by atoms with Crippen molar-refractivity contribution in [2.45, 2.75) is 19.8 Å². The first kappa shape index (κ1) is 15.9. The maximum Gasteiger partial charge on any atom is 0.205 e. The Kier molecular flexibility index (Phi) is 3.68. The van der Waals surface area contributed by atoms with Gasteiger partial charge in [0.15, 0.2) is 5.75 Å². The lowest BCUT2D eigenvalue weighted by Gasteiger charge is -2.24. The van der Waals surface area contributed by atoms with Gasteiger partial charge in [0, 0.05) is 10.7 Å². The molecular formula is C19H14ClN3OS. The number of nitrogens with two attached hydrogens (primary N) is 1. The van der Waals surface area contributed by atoms with Crippen LogP contribution >= 0.6 is 22.9 Å². The molecule has 124 valence electrons. The third-order valence-corrected chi connectivity index (χ3v) is 5.70. The van der Waals surface area contributed by atoms with Crippen molar-refractivity contribution in [3.05, 3.63) is 68.5 Å². The molecule has 0 saturated heterocycles. The second-order valence-electron chi connectivity index (χ2n) is 6.03. The molecule has 0 bridgehead atoms. The summed E-state index contributed by atoms with van der Waals surface area (Å²) in [5, 5.41) is 11.3. The Morgan fingerprint density at radius 2 is 2.00 bits per heavy atom. The average Bonchev–Trinajstić information content (AvgIpc) is 2.92. The van der Waals surface area contributed by atoms with Crippen LogP contribution in [0.25, 0.3) is 10.2 Å². The standard InChI is InChI=1S/C19H14ClN3OS/c1-9-7-10(2)23-19-14(9)16-17(25-19)15(13(8-21)18(22)24-16)11-3-5-12(20)6-4-11/h3-7,15H,22H2,1-2H3/t15-/m1/s1. The van der Waals surface area contributed by atoms with Crippen LogP contribution in [0.4, 0.5) is 0 Å². The Labute approximate surface area is 154 Å². The van der Waals surface area contributed by atoms with E-state index in [1.165, 1.54) is 0 Å². The van der Waals surface area contributed by atoms with Gasteiger partial charge in [-0.1, -0.05) is 23.7 Å². The van der Waals surface area contributed by atoms with Gasteiger partial charge in [-0.05, 0) is 43.2 Å². The van der Waals surface area contributed by atoms with Crippen LogP contribution < -0.4 is 10.5 Å².